The van der Waals surface area contributed by atoms with E-state index in [0.717, 1.165) is 17.1 Å². The van der Waals surface area contributed by atoms with Crippen molar-refractivity contribution in [3.05, 3.63) is 54.4 Å². The predicted molar refractivity (Wildman–Crippen MR) is 88.8 cm³/mol. The zero-order valence-electron chi connectivity index (χ0n) is 11.8. The Hall–Kier alpha value is -2.47. The van der Waals surface area contributed by atoms with E-state index in [9.17, 15) is 0 Å². The largest absolute Gasteiger partial charge is 0.495 e. The number of nitrogens with one attached hydrogen (secondary N) is 2. The van der Waals surface area contributed by atoms with Gasteiger partial charge in [-0.1, -0.05) is 18.2 Å². The molecule has 0 amide bonds. The molecule has 0 aliphatic carbocycles. The molecule has 1 aromatic carbocycles. The summed E-state index contributed by atoms with van der Waals surface area (Å²) in [5.41, 5.74) is 5.12. The minimum atomic E-state index is 0.384. The highest BCUT2D eigenvalue weighted by Crippen LogP contribution is 2.22. The first-order valence-electron chi connectivity index (χ1n) is 6.36. The third kappa shape index (κ3) is 4.25. The molecule has 0 saturated heterocycles. The van der Waals surface area contributed by atoms with Crippen LogP contribution in [-0.4, -0.2) is 22.9 Å². The molecule has 1 heterocycles. The lowest BCUT2D eigenvalue weighted by atomic mass is 10.3. The minimum absolute atomic E-state index is 0.384. The third-order valence-electron chi connectivity index (χ3n) is 2.72. The number of anilines is 1. The minimum Gasteiger partial charge on any atom is -0.495 e. The van der Waals surface area contributed by atoms with Gasteiger partial charge in [0, 0.05) is 6.20 Å². The lowest BCUT2D eigenvalue weighted by molar-refractivity contribution is 0.417. The van der Waals surface area contributed by atoms with Crippen molar-refractivity contribution >= 4 is 28.7 Å². The van der Waals surface area contributed by atoms with Crippen molar-refractivity contribution in [2.75, 3.05) is 12.4 Å². The van der Waals surface area contributed by atoms with Crippen LogP contribution >= 0.6 is 12.2 Å². The Morgan fingerprint density at radius 3 is 2.67 bits per heavy atom. The molecule has 2 aromatic rings. The second-order valence-electron chi connectivity index (χ2n) is 4.18. The Balaban J connectivity index is 1.99. The predicted octanol–water partition coefficient (Wildman–Crippen LogP) is 2.80. The lowest BCUT2D eigenvalue weighted by Crippen LogP contribution is -2.25. The van der Waals surface area contributed by atoms with Crippen molar-refractivity contribution < 1.29 is 4.74 Å². The molecule has 0 spiro atoms. The van der Waals surface area contributed by atoms with Gasteiger partial charge in [0.25, 0.3) is 0 Å². The van der Waals surface area contributed by atoms with Gasteiger partial charge in [-0.05, 0) is 43.4 Å². The van der Waals surface area contributed by atoms with E-state index in [4.69, 9.17) is 17.0 Å². The van der Waals surface area contributed by atoms with Crippen molar-refractivity contribution in [3.8, 4) is 5.75 Å². The Labute approximate surface area is 129 Å². The zero-order chi connectivity index (χ0) is 15.1. The van der Waals surface area contributed by atoms with Gasteiger partial charge in [0.05, 0.1) is 24.2 Å². The molecule has 21 heavy (non-hydrogen) atoms. The Kier molecular flexibility index (Phi) is 5.22. The highest BCUT2D eigenvalue weighted by Gasteiger charge is 2.03. The first-order valence-corrected chi connectivity index (χ1v) is 6.77. The number of hydrogen-bond donors (Lipinski definition) is 2. The number of nitrogens with zero attached hydrogens (tertiary/aromatic N) is 2. The molecule has 0 atom stereocenters. The summed E-state index contributed by atoms with van der Waals surface area (Å²) in [6, 6.07) is 13.2. The van der Waals surface area contributed by atoms with Crippen LogP contribution < -0.4 is 15.5 Å². The van der Waals surface area contributed by atoms with E-state index < -0.39 is 0 Å². The Bertz CT molecular complexity index is 643. The van der Waals surface area contributed by atoms with E-state index in [1.54, 1.807) is 13.3 Å². The van der Waals surface area contributed by atoms with Crippen LogP contribution in [0.3, 0.4) is 0 Å². The van der Waals surface area contributed by atoms with Gasteiger partial charge >= 0.3 is 0 Å². The van der Waals surface area contributed by atoms with Crippen LogP contribution in [0.2, 0.25) is 0 Å². The first-order chi connectivity index (χ1) is 10.2. The zero-order valence-corrected chi connectivity index (χ0v) is 12.6. The van der Waals surface area contributed by atoms with E-state index in [0.29, 0.717) is 10.9 Å². The lowest BCUT2D eigenvalue weighted by Gasteiger charge is -2.11. The average molecular weight is 300 g/mol. The van der Waals surface area contributed by atoms with Gasteiger partial charge in [-0.15, -0.1) is 0 Å². The highest BCUT2D eigenvalue weighted by molar-refractivity contribution is 7.80. The number of para-hydroxylation sites is 2. The molecule has 6 heteroatoms. The quantitative estimate of drug-likeness (QED) is 0.516. The molecule has 0 aliphatic rings. The standard InChI is InChI=1S/C15H16N4OS/c1-11(12-7-5-6-10-16-12)18-19-15(21)17-13-8-3-4-9-14(13)20-2/h3-10H,1-2H3,(H2,17,19,21)/b18-11+. The number of ether oxygens (including phenoxy) is 1. The van der Waals surface area contributed by atoms with Gasteiger partial charge < -0.3 is 10.1 Å². The van der Waals surface area contributed by atoms with E-state index in [1.165, 1.54) is 0 Å². The second kappa shape index (κ2) is 7.35. The number of hydrazone groups is 1. The molecule has 0 radical (unpaired) electrons. The molecule has 0 aliphatic heterocycles. The van der Waals surface area contributed by atoms with E-state index >= 15 is 0 Å². The van der Waals surface area contributed by atoms with Crippen molar-refractivity contribution in [2.24, 2.45) is 5.10 Å². The van der Waals surface area contributed by atoms with E-state index in [2.05, 4.69) is 20.8 Å². The fourth-order valence-electron chi connectivity index (χ4n) is 1.67. The van der Waals surface area contributed by atoms with Crippen LogP contribution in [-0.2, 0) is 0 Å². The van der Waals surface area contributed by atoms with Crippen molar-refractivity contribution in [1.82, 2.24) is 10.4 Å². The topological polar surface area (TPSA) is 58.5 Å². The average Bonchev–Trinajstić information content (AvgIpc) is 2.54. The molecule has 108 valence electrons. The number of aromatic nitrogens is 1. The monoisotopic (exact) mass is 300 g/mol. The summed E-state index contributed by atoms with van der Waals surface area (Å²) in [6.45, 7) is 1.86. The molecule has 2 N–H and O–H groups in total. The Morgan fingerprint density at radius 1 is 1.19 bits per heavy atom. The smallest absolute Gasteiger partial charge is 0.191 e. The number of thiocarbonyl (C=S) groups is 1. The van der Waals surface area contributed by atoms with Crippen LogP contribution in [0.4, 0.5) is 5.69 Å². The summed E-state index contributed by atoms with van der Waals surface area (Å²) in [5.74, 6) is 0.715. The maximum absolute atomic E-state index is 5.25. The van der Waals surface area contributed by atoms with Gasteiger partial charge in [0.1, 0.15) is 5.75 Å². The van der Waals surface area contributed by atoms with Gasteiger partial charge in [0.15, 0.2) is 5.11 Å². The van der Waals surface area contributed by atoms with Crippen molar-refractivity contribution in [3.63, 3.8) is 0 Å². The fourth-order valence-corrected chi connectivity index (χ4v) is 1.82. The first kappa shape index (κ1) is 14.9. The summed E-state index contributed by atoms with van der Waals surface area (Å²) in [5, 5.41) is 7.63. The molecular weight excluding hydrogens is 284 g/mol. The summed E-state index contributed by atoms with van der Waals surface area (Å²) in [6.07, 6.45) is 1.72. The summed E-state index contributed by atoms with van der Waals surface area (Å²) < 4.78 is 5.25. The molecule has 0 fully saturated rings. The van der Waals surface area contributed by atoms with Crippen LogP contribution in [0.25, 0.3) is 0 Å². The van der Waals surface area contributed by atoms with Crippen molar-refractivity contribution in [1.29, 1.82) is 0 Å². The fraction of sp³-hybridized carbons (Fsp3) is 0.133. The summed E-state index contributed by atoms with van der Waals surface area (Å²) in [7, 11) is 1.61. The number of pyridine rings is 1. The molecule has 0 bridgehead atoms. The van der Waals surface area contributed by atoms with Crippen molar-refractivity contribution in [2.45, 2.75) is 6.92 Å². The summed E-state index contributed by atoms with van der Waals surface area (Å²) >= 11 is 5.21. The van der Waals surface area contributed by atoms with Gasteiger partial charge in [-0.3, -0.25) is 10.4 Å². The number of rotatable bonds is 4. The molecule has 0 unspecified atom stereocenters. The second-order valence-corrected chi connectivity index (χ2v) is 4.59. The number of methoxy groups -OCH3 is 1. The SMILES string of the molecule is COc1ccccc1NC(=S)N/N=C(\C)c1ccccn1. The number of hydrogen-bond acceptors (Lipinski definition) is 4. The van der Waals surface area contributed by atoms with Crippen LogP contribution in [0.1, 0.15) is 12.6 Å². The van der Waals surface area contributed by atoms with Crippen LogP contribution in [0, 0.1) is 0 Å². The molecule has 1 aromatic heterocycles. The molecule has 5 nitrogen and oxygen atoms in total. The maximum Gasteiger partial charge on any atom is 0.191 e. The third-order valence-corrected chi connectivity index (χ3v) is 2.91. The van der Waals surface area contributed by atoms with E-state index in [1.807, 2.05) is 49.4 Å². The maximum atomic E-state index is 5.25. The normalized spacial score (nSPS) is 10.9. The summed E-state index contributed by atoms with van der Waals surface area (Å²) in [4.78, 5) is 4.21. The van der Waals surface area contributed by atoms with Gasteiger partial charge in [-0.25, -0.2) is 0 Å². The highest BCUT2D eigenvalue weighted by atomic mass is 32.1. The van der Waals surface area contributed by atoms with Crippen LogP contribution in [0.5, 0.6) is 5.75 Å². The number of benzene rings is 1. The van der Waals surface area contributed by atoms with Gasteiger partial charge in [0.2, 0.25) is 0 Å². The van der Waals surface area contributed by atoms with Gasteiger partial charge in [-0.2, -0.15) is 5.10 Å². The molecular formula is C15H16N4OS. The molecule has 2 rings (SSSR count). The Morgan fingerprint density at radius 2 is 1.95 bits per heavy atom. The van der Waals surface area contributed by atoms with E-state index in [-0.39, 0.29) is 0 Å². The van der Waals surface area contributed by atoms with Crippen LogP contribution in [0.15, 0.2) is 53.8 Å². The molecule has 0 saturated carbocycles.